The first-order chi connectivity index (χ1) is 18.1. The predicted octanol–water partition coefficient (Wildman–Crippen LogP) is 5.91. The molecule has 2 amide bonds. The molecule has 11 heteroatoms. The lowest BCUT2D eigenvalue weighted by molar-refractivity contribution is -0.137. The van der Waals surface area contributed by atoms with E-state index in [1.54, 1.807) is 18.2 Å². The Balaban J connectivity index is 1.39. The molecule has 0 aliphatic carbocycles. The number of urea groups is 1. The van der Waals surface area contributed by atoms with Crippen molar-refractivity contribution in [3.8, 4) is 11.4 Å². The van der Waals surface area contributed by atoms with Crippen molar-refractivity contribution in [2.45, 2.75) is 32.2 Å². The number of amides is 2. The van der Waals surface area contributed by atoms with E-state index in [0.717, 1.165) is 29.0 Å². The summed E-state index contributed by atoms with van der Waals surface area (Å²) in [5.41, 5.74) is 2.38. The van der Waals surface area contributed by atoms with E-state index in [1.807, 2.05) is 43.8 Å². The lowest BCUT2D eigenvalue weighted by Crippen LogP contribution is -2.46. The van der Waals surface area contributed by atoms with Gasteiger partial charge in [0.1, 0.15) is 5.52 Å². The normalized spacial score (nSPS) is 18.0. The lowest BCUT2D eigenvalue weighted by Gasteiger charge is -2.36. The molecular formula is C27H27F3N6O2. The molecule has 0 radical (unpaired) electrons. The predicted molar refractivity (Wildman–Crippen MR) is 140 cm³/mol. The van der Waals surface area contributed by atoms with Crippen LogP contribution in [-0.2, 0) is 18.0 Å². The van der Waals surface area contributed by atoms with Gasteiger partial charge in [0.05, 0.1) is 23.3 Å². The Labute approximate surface area is 217 Å². The number of benzene rings is 2. The monoisotopic (exact) mass is 524 g/mol. The van der Waals surface area contributed by atoms with Crippen LogP contribution in [0.3, 0.4) is 0 Å². The molecule has 2 aromatic heterocycles. The van der Waals surface area contributed by atoms with E-state index in [1.165, 1.54) is 12.1 Å². The highest BCUT2D eigenvalue weighted by molar-refractivity contribution is 6.00. The number of fused-ring (bicyclic) bond motifs is 1. The number of hydrogen-bond acceptors (Lipinski definition) is 5. The number of carbonyl (C=O) groups excluding carboxylic acids is 1. The SMILES string of the molecule is CC1CN(c2nc(-c3cccc(NC(=O)Nc4ccc(C(F)(F)F)cc4)c3)nc3ccn(C)c23)CC(C)O1. The number of alkyl halides is 3. The number of rotatable bonds is 4. The number of ether oxygens (including phenoxy) is 1. The minimum Gasteiger partial charge on any atom is -0.372 e. The molecule has 38 heavy (non-hydrogen) atoms. The first-order valence-electron chi connectivity index (χ1n) is 12.2. The fourth-order valence-electron chi connectivity index (χ4n) is 4.64. The largest absolute Gasteiger partial charge is 0.416 e. The van der Waals surface area contributed by atoms with Crippen molar-refractivity contribution >= 4 is 34.3 Å². The summed E-state index contributed by atoms with van der Waals surface area (Å²) in [6.45, 7) is 5.48. The topological polar surface area (TPSA) is 84.3 Å². The van der Waals surface area contributed by atoms with Gasteiger partial charge in [0.2, 0.25) is 0 Å². The van der Waals surface area contributed by atoms with E-state index in [4.69, 9.17) is 14.7 Å². The van der Waals surface area contributed by atoms with Crippen molar-refractivity contribution in [3.05, 3.63) is 66.4 Å². The summed E-state index contributed by atoms with van der Waals surface area (Å²) < 4.78 is 46.2. The van der Waals surface area contributed by atoms with Crippen LogP contribution in [0.15, 0.2) is 60.8 Å². The number of anilines is 3. The molecule has 2 N–H and O–H groups in total. The molecule has 4 aromatic rings. The molecule has 0 bridgehead atoms. The standard InChI is InChI=1S/C27H27F3N6O2/c1-16-14-36(15-17(2)38-16)25-23-22(11-12-35(23)3)33-24(34-25)18-5-4-6-21(13-18)32-26(37)31-20-9-7-19(8-10-20)27(28,29)30/h4-13,16-17H,14-15H2,1-3H3,(H2,31,32,37). The van der Waals surface area contributed by atoms with Gasteiger partial charge in [-0.3, -0.25) is 0 Å². The summed E-state index contributed by atoms with van der Waals surface area (Å²) in [5.74, 6) is 1.33. The molecule has 2 aromatic carbocycles. The van der Waals surface area contributed by atoms with Crippen molar-refractivity contribution in [3.63, 3.8) is 0 Å². The molecule has 8 nitrogen and oxygen atoms in total. The Morgan fingerprint density at radius 2 is 1.66 bits per heavy atom. The summed E-state index contributed by atoms with van der Waals surface area (Å²) in [6.07, 6.45) is -2.38. The van der Waals surface area contributed by atoms with Crippen molar-refractivity contribution < 1.29 is 22.7 Å². The molecular weight excluding hydrogens is 497 g/mol. The van der Waals surface area contributed by atoms with E-state index in [-0.39, 0.29) is 17.9 Å². The number of nitrogens with one attached hydrogen (secondary N) is 2. The second kappa shape index (κ2) is 9.97. The molecule has 3 heterocycles. The summed E-state index contributed by atoms with van der Waals surface area (Å²) in [5, 5.41) is 5.26. The number of aryl methyl sites for hydroxylation is 1. The van der Waals surface area contributed by atoms with Crippen molar-refractivity contribution in [2.24, 2.45) is 7.05 Å². The zero-order chi connectivity index (χ0) is 27.0. The van der Waals surface area contributed by atoms with Crippen LogP contribution in [-0.4, -0.2) is 45.9 Å². The number of morpholine rings is 1. The summed E-state index contributed by atoms with van der Waals surface area (Å²) in [7, 11) is 1.96. The molecule has 198 valence electrons. The first-order valence-corrected chi connectivity index (χ1v) is 12.2. The van der Waals surface area contributed by atoms with Crippen LogP contribution in [0, 0.1) is 0 Å². The Morgan fingerprint density at radius 1 is 0.974 bits per heavy atom. The molecule has 1 aliphatic heterocycles. The highest BCUT2D eigenvalue weighted by atomic mass is 19.4. The summed E-state index contributed by atoms with van der Waals surface area (Å²) in [4.78, 5) is 24.4. The van der Waals surface area contributed by atoms with Gasteiger partial charge in [0, 0.05) is 43.3 Å². The van der Waals surface area contributed by atoms with Gasteiger partial charge >= 0.3 is 12.2 Å². The van der Waals surface area contributed by atoms with Crippen LogP contribution in [0.25, 0.3) is 22.4 Å². The fraction of sp³-hybridized carbons (Fsp3) is 0.296. The van der Waals surface area contributed by atoms with Crippen LogP contribution < -0.4 is 15.5 Å². The fourth-order valence-corrected chi connectivity index (χ4v) is 4.64. The molecule has 0 spiro atoms. The summed E-state index contributed by atoms with van der Waals surface area (Å²) >= 11 is 0. The van der Waals surface area contributed by atoms with Crippen molar-refractivity contribution in [1.82, 2.24) is 14.5 Å². The number of halogens is 3. The van der Waals surface area contributed by atoms with Gasteiger partial charge in [-0.15, -0.1) is 0 Å². The Bertz CT molecular complexity index is 1460. The highest BCUT2D eigenvalue weighted by Gasteiger charge is 2.30. The molecule has 2 unspecified atom stereocenters. The van der Waals surface area contributed by atoms with E-state index >= 15 is 0 Å². The molecule has 5 rings (SSSR count). The van der Waals surface area contributed by atoms with E-state index in [9.17, 15) is 18.0 Å². The zero-order valence-electron chi connectivity index (χ0n) is 21.1. The Morgan fingerprint density at radius 3 is 2.34 bits per heavy atom. The second-order valence-corrected chi connectivity index (χ2v) is 9.43. The van der Waals surface area contributed by atoms with Crippen LogP contribution in [0.2, 0.25) is 0 Å². The average Bonchev–Trinajstić information content (AvgIpc) is 3.23. The zero-order valence-corrected chi connectivity index (χ0v) is 21.1. The lowest BCUT2D eigenvalue weighted by atomic mass is 10.1. The number of carbonyl (C=O) groups is 1. The number of aromatic nitrogens is 3. The van der Waals surface area contributed by atoms with Crippen LogP contribution in [0.1, 0.15) is 19.4 Å². The van der Waals surface area contributed by atoms with E-state index in [2.05, 4.69) is 15.5 Å². The van der Waals surface area contributed by atoms with Gasteiger partial charge in [0.25, 0.3) is 0 Å². The second-order valence-electron chi connectivity index (χ2n) is 9.43. The maximum absolute atomic E-state index is 12.8. The van der Waals surface area contributed by atoms with Crippen molar-refractivity contribution in [1.29, 1.82) is 0 Å². The average molecular weight is 525 g/mol. The molecule has 2 atom stereocenters. The molecule has 1 saturated heterocycles. The Kier molecular flexibility index (Phi) is 6.70. The quantitative estimate of drug-likeness (QED) is 0.347. The van der Waals surface area contributed by atoms with Crippen molar-refractivity contribution in [2.75, 3.05) is 28.6 Å². The third-order valence-corrected chi connectivity index (χ3v) is 6.27. The van der Waals surface area contributed by atoms with Gasteiger partial charge in [-0.2, -0.15) is 13.2 Å². The third-order valence-electron chi connectivity index (χ3n) is 6.27. The summed E-state index contributed by atoms with van der Waals surface area (Å²) in [6, 6.07) is 12.7. The molecule has 1 fully saturated rings. The first kappa shape index (κ1) is 25.5. The van der Waals surface area contributed by atoms with Crippen LogP contribution in [0.4, 0.5) is 35.2 Å². The maximum atomic E-state index is 12.8. The third kappa shape index (κ3) is 5.42. The van der Waals surface area contributed by atoms with Crippen LogP contribution >= 0.6 is 0 Å². The van der Waals surface area contributed by atoms with E-state index < -0.39 is 17.8 Å². The maximum Gasteiger partial charge on any atom is 0.416 e. The van der Waals surface area contributed by atoms with Gasteiger partial charge in [-0.05, 0) is 56.3 Å². The van der Waals surface area contributed by atoms with Gasteiger partial charge in [-0.25, -0.2) is 14.8 Å². The smallest absolute Gasteiger partial charge is 0.372 e. The minimum atomic E-state index is -4.44. The number of nitrogens with zero attached hydrogens (tertiary/aromatic N) is 4. The van der Waals surface area contributed by atoms with Gasteiger partial charge < -0.3 is 24.8 Å². The Hall–Kier alpha value is -4.12. The molecule has 1 aliphatic rings. The number of hydrogen-bond donors (Lipinski definition) is 2. The van der Waals surface area contributed by atoms with Gasteiger partial charge in [-0.1, -0.05) is 12.1 Å². The van der Waals surface area contributed by atoms with Gasteiger partial charge in [0.15, 0.2) is 11.6 Å². The van der Waals surface area contributed by atoms with E-state index in [0.29, 0.717) is 30.2 Å². The minimum absolute atomic E-state index is 0.0585. The molecule has 0 saturated carbocycles. The van der Waals surface area contributed by atoms with Crippen LogP contribution in [0.5, 0.6) is 0 Å². The highest BCUT2D eigenvalue weighted by Crippen LogP contribution is 2.32.